The first-order valence-corrected chi connectivity index (χ1v) is 13.6. The number of aromatic amines is 1. The number of nitrogens with zero attached hydrogens (tertiary/aromatic N) is 3. The van der Waals surface area contributed by atoms with Gasteiger partial charge in [0, 0.05) is 5.69 Å². The zero-order valence-corrected chi connectivity index (χ0v) is 29.7. The first-order valence-electron chi connectivity index (χ1n) is 10.7. The number of carbonyl (C=O) groups excluding carboxylic acids is 1. The Balaban J connectivity index is 0.00000280. The molecule has 196 valence electrons. The molecular formula is C24H18K2N4O8S2. The zero-order chi connectivity index (χ0) is 27.8. The second-order valence-corrected chi connectivity index (χ2v) is 10.8. The molecule has 0 bridgehead atoms. The SMILES string of the molecule is CC1=NN(c2ccc(S(=O)(=O)[O-])cc2)C(=O)/C1=C\C=C=Cc1c(C)[nH]n(-c2ccc(S(=O)(=O)[O-])cc2)c1=O.[K+].[K+]. The number of carbonyl (C=O) groups is 1. The number of anilines is 1. The zero-order valence-electron chi connectivity index (χ0n) is 21.8. The summed E-state index contributed by atoms with van der Waals surface area (Å²) >= 11 is 0. The molecule has 0 radical (unpaired) electrons. The molecule has 0 saturated carbocycles. The van der Waals surface area contributed by atoms with Crippen molar-refractivity contribution in [1.29, 1.82) is 0 Å². The minimum atomic E-state index is -4.62. The Hall–Kier alpha value is -1.06. The van der Waals surface area contributed by atoms with E-state index in [4.69, 9.17) is 0 Å². The number of amides is 1. The van der Waals surface area contributed by atoms with E-state index in [9.17, 15) is 35.5 Å². The van der Waals surface area contributed by atoms with E-state index in [1.165, 1.54) is 47.2 Å². The Morgan fingerprint density at radius 3 is 1.85 bits per heavy atom. The summed E-state index contributed by atoms with van der Waals surface area (Å²) in [4.78, 5) is 24.8. The number of nitrogens with one attached hydrogen (secondary N) is 1. The summed E-state index contributed by atoms with van der Waals surface area (Å²) in [5.74, 6) is -0.484. The van der Waals surface area contributed by atoms with E-state index in [0.717, 1.165) is 29.3 Å². The quantitative estimate of drug-likeness (QED) is 0.123. The molecule has 4 rings (SSSR count). The van der Waals surface area contributed by atoms with Crippen LogP contribution in [0.4, 0.5) is 5.69 Å². The molecule has 2 aromatic carbocycles. The van der Waals surface area contributed by atoms with Crippen molar-refractivity contribution in [1.82, 2.24) is 9.78 Å². The molecule has 40 heavy (non-hydrogen) atoms. The van der Waals surface area contributed by atoms with Gasteiger partial charge in [0.05, 0.1) is 38.0 Å². The Bertz CT molecular complexity index is 1850. The minimum Gasteiger partial charge on any atom is -0.744 e. The maximum absolute atomic E-state index is 12.8. The van der Waals surface area contributed by atoms with E-state index in [-0.39, 0.29) is 120 Å². The number of H-pyrrole nitrogens is 1. The predicted octanol–water partition coefficient (Wildman–Crippen LogP) is -4.19. The molecule has 0 aliphatic carbocycles. The monoisotopic (exact) mass is 632 g/mol. The van der Waals surface area contributed by atoms with Crippen LogP contribution >= 0.6 is 0 Å². The van der Waals surface area contributed by atoms with Crippen LogP contribution in [0.2, 0.25) is 0 Å². The number of aromatic nitrogens is 2. The van der Waals surface area contributed by atoms with E-state index in [2.05, 4.69) is 15.9 Å². The largest absolute Gasteiger partial charge is 1.00 e. The standard InChI is InChI=1S/C24H20N4O8S2.2K/c1-15-21(23(29)27(25-15)17-7-11-19(12-8-17)37(31,32)33)5-3-4-6-22-16(2)26-28(24(22)30)18-9-13-20(14-10-18)38(34,35)36;;/h3,5-14,26H,1-2H3,(H,31,32,33)(H,34,35,36);;/q;2*+1/p-2/b21-5-;;. The average molecular weight is 633 g/mol. The average Bonchev–Trinajstić information content (AvgIpc) is 3.30. The molecule has 1 aliphatic rings. The molecule has 0 unspecified atom stereocenters. The number of hydrazone groups is 1. The van der Waals surface area contributed by atoms with Crippen LogP contribution < -0.4 is 113 Å². The van der Waals surface area contributed by atoms with Gasteiger partial charge in [-0.3, -0.25) is 14.7 Å². The van der Waals surface area contributed by atoms with E-state index in [1.54, 1.807) is 13.8 Å². The molecule has 3 aromatic rings. The number of allylic oxidation sites excluding steroid dienone is 2. The Morgan fingerprint density at radius 1 is 0.850 bits per heavy atom. The van der Waals surface area contributed by atoms with Gasteiger partial charge in [-0.2, -0.15) is 10.1 Å². The van der Waals surface area contributed by atoms with Crippen LogP contribution in [0.15, 0.2) is 91.7 Å². The van der Waals surface area contributed by atoms with Crippen molar-refractivity contribution in [2.45, 2.75) is 23.6 Å². The Labute approximate surface area is 314 Å². The van der Waals surface area contributed by atoms with Gasteiger partial charge >= 0.3 is 103 Å². The van der Waals surface area contributed by atoms with E-state index in [0.29, 0.717) is 17.1 Å². The molecule has 1 aliphatic heterocycles. The number of hydrogen-bond donors (Lipinski definition) is 1. The molecule has 16 heteroatoms. The van der Waals surface area contributed by atoms with Gasteiger partial charge in [0.25, 0.3) is 11.5 Å². The third kappa shape index (κ3) is 7.86. The van der Waals surface area contributed by atoms with Gasteiger partial charge in [-0.1, -0.05) is 0 Å². The first kappa shape index (κ1) is 35.1. The summed E-state index contributed by atoms with van der Waals surface area (Å²) in [6.07, 6.45) is 4.29. The Kier molecular flexibility index (Phi) is 12.2. The number of benzene rings is 2. The van der Waals surface area contributed by atoms with E-state index >= 15 is 0 Å². The van der Waals surface area contributed by atoms with Gasteiger partial charge in [0.1, 0.15) is 20.2 Å². The molecular weight excluding hydrogens is 615 g/mol. The predicted molar refractivity (Wildman–Crippen MR) is 135 cm³/mol. The third-order valence-electron chi connectivity index (χ3n) is 5.51. The summed E-state index contributed by atoms with van der Waals surface area (Å²) in [7, 11) is -9.23. The molecule has 12 nitrogen and oxygen atoms in total. The van der Waals surface area contributed by atoms with Crippen LogP contribution in [0.25, 0.3) is 11.8 Å². The fraction of sp³-hybridized carbons (Fsp3) is 0.0833. The van der Waals surface area contributed by atoms with Gasteiger partial charge in [-0.25, -0.2) is 21.5 Å². The van der Waals surface area contributed by atoms with Crippen molar-refractivity contribution in [2.24, 2.45) is 5.10 Å². The summed E-state index contributed by atoms with van der Waals surface area (Å²) < 4.78 is 67.8. The van der Waals surface area contributed by atoms with Crippen LogP contribution in [0.5, 0.6) is 0 Å². The number of hydrogen-bond acceptors (Lipinski definition) is 9. The van der Waals surface area contributed by atoms with Gasteiger partial charge in [-0.05, 0) is 80.6 Å². The van der Waals surface area contributed by atoms with Crippen LogP contribution in [-0.4, -0.2) is 47.3 Å². The van der Waals surface area contributed by atoms with Crippen molar-refractivity contribution < 1.29 is 134 Å². The fourth-order valence-corrected chi connectivity index (χ4v) is 4.51. The summed E-state index contributed by atoms with van der Waals surface area (Å²) in [6.45, 7) is 3.26. The summed E-state index contributed by atoms with van der Waals surface area (Å²) in [6, 6.07) is 9.63. The fourth-order valence-electron chi connectivity index (χ4n) is 3.58. The van der Waals surface area contributed by atoms with Crippen LogP contribution in [0.3, 0.4) is 0 Å². The second-order valence-electron chi connectivity index (χ2n) is 8.05. The smallest absolute Gasteiger partial charge is 0.744 e. The van der Waals surface area contributed by atoms with Gasteiger partial charge in [-0.15, -0.1) is 5.73 Å². The molecule has 0 fully saturated rings. The first-order chi connectivity index (χ1) is 17.8. The molecule has 0 spiro atoms. The van der Waals surface area contributed by atoms with E-state index in [1.807, 2.05) is 0 Å². The van der Waals surface area contributed by atoms with Gasteiger partial charge in [0.2, 0.25) is 0 Å². The molecule has 1 N–H and O–H groups in total. The van der Waals surface area contributed by atoms with Crippen molar-refractivity contribution in [3.63, 3.8) is 0 Å². The minimum absolute atomic E-state index is 0. The molecule has 0 saturated heterocycles. The van der Waals surface area contributed by atoms with E-state index < -0.39 is 41.5 Å². The van der Waals surface area contributed by atoms with Gasteiger partial charge in [0.15, 0.2) is 0 Å². The normalized spacial score (nSPS) is 14.2. The van der Waals surface area contributed by atoms with Gasteiger partial charge < -0.3 is 9.11 Å². The summed E-state index contributed by atoms with van der Waals surface area (Å²) in [5.41, 5.74) is 4.34. The number of rotatable bonds is 6. The number of aryl methyl sites for hydroxylation is 1. The maximum atomic E-state index is 12.8. The molecule has 1 aromatic heterocycles. The van der Waals surface area contributed by atoms with Crippen molar-refractivity contribution >= 4 is 43.6 Å². The third-order valence-corrected chi connectivity index (χ3v) is 7.21. The molecule has 0 atom stereocenters. The van der Waals surface area contributed by atoms with Crippen molar-refractivity contribution in [3.8, 4) is 5.69 Å². The van der Waals surface area contributed by atoms with Crippen molar-refractivity contribution in [3.05, 3.63) is 93.6 Å². The molecule has 2 heterocycles. The second kappa shape index (κ2) is 13.9. The summed E-state index contributed by atoms with van der Waals surface area (Å²) in [5, 5.41) is 8.09. The Morgan fingerprint density at radius 2 is 1.35 bits per heavy atom. The van der Waals surface area contributed by atoms with Crippen LogP contribution in [0, 0.1) is 6.92 Å². The van der Waals surface area contributed by atoms with Crippen LogP contribution in [-0.2, 0) is 25.0 Å². The topological polar surface area (TPSA) is 185 Å². The molecule has 1 amide bonds. The van der Waals surface area contributed by atoms with Crippen molar-refractivity contribution in [2.75, 3.05) is 5.01 Å². The van der Waals surface area contributed by atoms with Crippen LogP contribution in [0.1, 0.15) is 18.2 Å². The maximum Gasteiger partial charge on any atom is 1.00 e.